The van der Waals surface area contributed by atoms with Crippen molar-refractivity contribution in [2.24, 2.45) is 0 Å². The highest BCUT2D eigenvalue weighted by atomic mass is 35.5. The average molecular weight is 332 g/mol. The van der Waals surface area contributed by atoms with Crippen LogP contribution in [0.3, 0.4) is 0 Å². The van der Waals surface area contributed by atoms with Crippen molar-refractivity contribution in [2.45, 2.75) is 12.0 Å². The van der Waals surface area contributed by atoms with Crippen LogP contribution in [0.4, 0.5) is 13.2 Å². The van der Waals surface area contributed by atoms with Gasteiger partial charge in [0.2, 0.25) is 0 Å². The molecule has 1 aliphatic heterocycles. The van der Waals surface area contributed by atoms with Crippen molar-refractivity contribution in [3.8, 4) is 0 Å². The number of hydrogen-bond acceptors (Lipinski definition) is 4. The predicted octanol–water partition coefficient (Wildman–Crippen LogP) is 3.59. The fraction of sp³-hybridized carbons (Fsp3) is 0.143. The van der Waals surface area contributed by atoms with Gasteiger partial charge in [-0.1, -0.05) is 41.9 Å². The van der Waals surface area contributed by atoms with E-state index in [4.69, 9.17) is 16.0 Å². The van der Waals surface area contributed by atoms with E-state index in [1.165, 1.54) is 24.5 Å². The smallest absolute Gasteiger partial charge is 0.450 e. The molecule has 8 heteroatoms. The molecule has 0 radical (unpaired) electrons. The van der Waals surface area contributed by atoms with Crippen LogP contribution in [0.5, 0.6) is 0 Å². The fourth-order valence-electron chi connectivity index (χ4n) is 2.17. The predicted molar refractivity (Wildman–Crippen MR) is 72.2 cm³/mol. The van der Waals surface area contributed by atoms with Crippen LogP contribution in [0.15, 0.2) is 47.1 Å². The number of nitrogens with one attached hydrogen (secondary N) is 1. The normalized spacial score (nSPS) is 22.0. The molecule has 0 spiro atoms. The summed E-state index contributed by atoms with van der Waals surface area (Å²) in [5.41, 5.74) is 1.50. The van der Waals surface area contributed by atoms with Crippen LogP contribution in [0.1, 0.15) is 11.3 Å². The van der Waals surface area contributed by atoms with Gasteiger partial charge in [0.15, 0.2) is 5.76 Å². The van der Waals surface area contributed by atoms with Crippen LogP contribution < -0.4 is 5.48 Å². The fourth-order valence-corrected chi connectivity index (χ4v) is 2.36. The molecule has 0 saturated heterocycles. The van der Waals surface area contributed by atoms with Gasteiger partial charge in [-0.05, 0) is 11.6 Å². The largest absolute Gasteiger partial charge is 0.461 e. The molecule has 0 fully saturated rings. The lowest BCUT2D eigenvalue weighted by Crippen LogP contribution is -2.47. The molecular formula is C14H9ClF3NO3. The maximum absolute atomic E-state index is 13.3. The van der Waals surface area contributed by atoms with Crippen molar-refractivity contribution < 1.29 is 27.5 Å². The lowest BCUT2D eigenvalue weighted by atomic mass is 9.95. The van der Waals surface area contributed by atoms with Gasteiger partial charge in [-0.3, -0.25) is 5.48 Å². The number of aliphatic hydroxyl groups is 1. The molecule has 22 heavy (non-hydrogen) atoms. The molecule has 0 bridgehead atoms. The Morgan fingerprint density at radius 1 is 1.14 bits per heavy atom. The summed E-state index contributed by atoms with van der Waals surface area (Å²) in [6, 6.07) is 8.93. The summed E-state index contributed by atoms with van der Waals surface area (Å²) in [5, 5.41) is 10.1. The van der Waals surface area contributed by atoms with Crippen molar-refractivity contribution in [2.75, 3.05) is 0 Å². The Kier molecular flexibility index (Phi) is 3.43. The summed E-state index contributed by atoms with van der Waals surface area (Å²) in [4.78, 5) is 4.45. The quantitative estimate of drug-likeness (QED) is 0.883. The zero-order valence-corrected chi connectivity index (χ0v) is 11.6. The number of hydroxylamine groups is 1. The van der Waals surface area contributed by atoms with Crippen LogP contribution in [0, 0.1) is 0 Å². The number of benzene rings is 1. The van der Waals surface area contributed by atoms with Crippen molar-refractivity contribution in [3.63, 3.8) is 0 Å². The Morgan fingerprint density at radius 2 is 1.82 bits per heavy atom. The van der Waals surface area contributed by atoms with Gasteiger partial charge in [-0.15, -0.1) is 0 Å². The Balaban J connectivity index is 2.27. The van der Waals surface area contributed by atoms with Crippen LogP contribution in [-0.2, 0) is 4.84 Å². The van der Waals surface area contributed by atoms with Gasteiger partial charge in [0.25, 0.3) is 0 Å². The molecule has 1 unspecified atom stereocenters. The molecule has 1 aromatic heterocycles. The van der Waals surface area contributed by atoms with E-state index in [-0.39, 0.29) is 22.0 Å². The van der Waals surface area contributed by atoms with E-state index in [9.17, 15) is 18.3 Å². The van der Waals surface area contributed by atoms with Gasteiger partial charge in [0.05, 0.1) is 16.9 Å². The van der Waals surface area contributed by atoms with E-state index < -0.39 is 17.5 Å². The Bertz CT molecular complexity index is 726. The summed E-state index contributed by atoms with van der Waals surface area (Å²) < 4.78 is 44.9. The molecular weight excluding hydrogens is 323 g/mol. The van der Waals surface area contributed by atoms with E-state index >= 15 is 0 Å². The molecule has 0 saturated carbocycles. The number of alkyl halides is 3. The second-order valence-corrected chi connectivity index (χ2v) is 4.97. The van der Waals surface area contributed by atoms with Crippen molar-refractivity contribution in [3.05, 3.63) is 59.0 Å². The third-order valence-electron chi connectivity index (χ3n) is 3.18. The molecule has 1 atom stereocenters. The van der Waals surface area contributed by atoms with Gasteiger partial charge in [0, 0.05) is 0 Å². The van der Waals surface area contributed by atoms with Gasteiger partial charge >= 0.3 is 12.0 Å². The van der Waals surface area contributed by atoms with E-state index in [1.807, 2.05) is 0 Å². The van der Waals surface area contributed by atoms with Crippen molar-refractivity contribution in [1.29, 1.82) is 0 Å². The van der Waals surface area contributed by atoms with E-state index in [1.54, 1.807) is 18.2 Å². The van der Waals surface area contributed by atoms with Crippen LogP contribution in [0.25, 0.3) is 11.3 Å². The minimum absolute atomic E-state index is 0.0549. The SMILES string of the molecule is OC1(C(F)(F)F)ONC(c2occc2Cl)=C1c1ccccc1. The first kappa shape index (κ1) is 15.0. The molecule has 2 N–H and O–H groups in total. The molecule has 0 aliphatic carbocycles. The summed E-state index contributed by atoms with van der Waals surface area (Å²) in [5.74, 6) is -3.57. The molecule has 2 heterocycles. The third-order valence-corrected chi connectivity index (χ3v) is 3.48. The van der Waals surface area contributed by atoms with E-state index in [2.05, 4.69) is 10.3 Å². The molecule has 116 valence electrons. The molecule has 3 rings (SSSR count). The summed E-state index contributed by atoms with van der Waals surface area (Å²) >= 11 is 5.89. The Morgan fingerprint density at radius 3 is 2.36 bits per heavy atom. The monoisotopic (exact) mass is 331 g/mol. The Labute approximate surface area is 127 Å². The maximum atomic E-state index is 13.3. The minimum Gasteiger partial charge on any atom is -0.461 e. The zero-order chi connectivity index (χ0) is 16.0. The molecule has 0 amide bonds. The topological polar surface area (TPSA) is 54.6 Å². The number of halogens is 4. The van der Waals surface area contributed by atoms with Crippen LogP contribution in [0.2, 0.25) is 5.02 Å². The summed E-state index contributed by atoms with van der Waals surface area (Å²) in [6.45, 7) is 0. The van der Waals surface area contributed by atoms with Crippen LogP contribution >= 0.6 is 11.6 Å². The minimum atomic E-state index is -5.06. The average Bonchev–Trinajstić information content (AvgIpc) is 3.03. The maximum Gasteiger partial charge on any atom is 0.450 e. The first-order chi connectivity index (χ1) is 10.3. The number of hydrogen-bond donors (Lipinski definition) is 2. The molecule has 2 aromatic rings. The number of furan rings is 1. The standard InChI is InChI=1S/C14H9ClF3NO3/c15-9-6-7-21-12(9)11-10(8-4-2-1-3-5-8)13(20,22-19-11)14(16,17)18/h1-7,19-20H. The molecule has 4 nitrogen and oxygen atoms in total. The van der Waals surface area contributed by atoms with Gasteiger partial charge in [-0.2, -0.15) is 13.2 Å². The zero-order valence-electron chi connectivity index (χ0n) is 10.8. The Hall–Kier alpha value is -1.96. The first-order valence-electron chi connectivity index (χ1n) is 6.11. The van der Waals surface area contributed by atoms with E-state index in [0.717, 1.165) is 0 Å². The van der Waals surface area contributed by atoms with Crippen LogP contribution in [-0.4, -0.2) is 17.1 Å². The highest BCUT2D eigenvalue weighted by molar-refractivity contribution is 6.32. The highest BCUT2D eigenvalue weighted by Crippen LogP contribution is 2.48. The van der Waals surface area contributed by atoms with Gasteiger partial charge in [0.1, 0.15) is 5.70 Å². The second kappa shape index (κ2) is 5.05. The first-order valence-corrected chi connectivity index (χ1v) is 6.49. The molecule has 1 aliphatic rings. The van der Waals surface area contributed by atoms with E-state index in [0.29, 0.717) is 0 Å². The lowest BCUT2D eigenvalue weighted by molar-refractivity contribution is -0.340. The molecule has 1 aromatic carbocycles. The number of rotatable bonds is 2. The highest BCUT2D eigenvalue weighted by Gasteiger charge is 2.63. The second-order valence-electron chi connectivity index (χ2n) is 4.56. The van der Waals surface area contributed by atoms with Gasteiger partial charge in [-0.25, -0.2) is 4.84 Å². The van der Waals surface area contributed by atoms with Crippen molar-refractivity contribution >= 4 is 22.9 Å². The van der Waals surface area contributed by atoms with Crippen molar-refractivity contribution in [1.82, 2.24) is 5.48 Å². The lowest BCUT2D eigenvalue weighted by Gasteiger charge is -2.26. The summed E-state index contributed by atoms with van der Waals surface area (Å²) in [6.07, 6.45) is -3.84. The van der Waals surface area contributed by atoms with Gasteiger partial charge < -0.3 is 9.52 Å². The third kappa shape index (κ3) is 2.18. The summed E-state index contributed by atoms with van der Waals surface area (Å²) in [7, 11) is 0.